The minimum absolute atomic E-state index is 0.192. The Bertz CT molecular complexity index is 1170. The van der Waals surface area contributed by atoms with Gasteiger partial charge in [-0.1, -0.05) is 51.8 Å². The number of aryl methyl sites for hydroxylation is 1. The van der Waals surface area contributed by atoms with E-state index in [1.165, 1.54) is 6.20 Å². The molecule has 0 heterocycles. The summed E-state index contributed by atoms with van der Waals surface area (Å²) < 4.78 is 39.9. The molecule has 156 valence electrons. The summed E-state index contributed by atoms with van der Waals surface area (Å²) in [4.78, 5) is 0.192. The van der Waals surface area contributed by atoms with Crippen LogP contribution in [0.5, 0.6) is 11.5 Å². The molecule has 0 radical (unpaired) electrons. The highest BCUT2D eigenvalue weighted by atomic mass is 79.9. The SMILES string of the molecule is COc1ccc(/C(=C/NS(=O)(=O)c2ccc(C)cc2)c2ccccc2Br)c(OC)c1. The van der Waals surface area contributed by atoms with Gasteiger partial charge in [0.1, 0.15) is 11.5 Å². The van der Waals surface area contributed by atoms with E-state index in [0.717, 1.165) is 21.2 Å². The number of sulfonamides is 1. The van der Waals surface area contributed by atoms with Crippen LogP contribution in [-0.4, -0.2) is 22.6 Å². The standard InChI is InChI=1S/C23H22BrNO4S/c1-16-8-11-18(12-9-16)30(26,27)25-15-21(19-6-4-5-7-22(19)24)20-13-10-17(28-2)14-23(20)29-3/h4-15,25H,1-3H3/b21-15+. The molecule has 30 heavy (non-hydrogen) atoms. The molecule has 0 spiro atoms. The summed E-state index contributed by atoms with van der Waals surface area (Å²) in [6.45, 7) is 1.91. The van der Waals surface area contributed by atoms with Gasteiger partial charge < -0.3 is 9.47 Å². The van der Waals surface area contributed by atoms with E-state index in [9.17, 15) is 8.42 Å². The first-order chi connectivity index (χ1) is 14.4. The fourth-order valence-corrected chi connectivity index (χ4v) is 4.33. The second-order valence-electron chi connectivity index (χ2n) is 6.54. The Morgan fingerprint density at radius 1 is 0.933 bits per heavy atom. The van der Waals surface area contributed by atoms with Gasteiger partial charge in [0.15, 0.2) is 0 Å². The Balaban J connectivity index is 2.11. The maximum Gasteiger partial charge on any atom is 0.261 e. The predicted octanol–water partition coefficient (Wildman–Crippen LogP) is 5.14. The third-order valence-electron chi connectivity index (χ3n) is 4.55. The summed E-state index contributed by atoms with van der Waals surface area (Å²) in [5, 5.41) is 0. The third kappa shape index (κ3) is 4.86. The van der Waals surface area contributed by atoms with Crippen molar-refractivity contribution in [3.05, 3.63) is 94.1 Å². The molecule has 0 aliphatic rings. The summed E-state index contributed by atoms with van der Waals surface area (Å²) in [7, 11) is -0.601. The zero-order chi connectivity index (χ0) is 21.7. The summed E-state index contributed by atoms with van der Waals surface area (Å²) in [6, 6.07) is 19.7. The summed E-state index contributed by atoms with van der Waals surface area (Å²) in [5.74, 6) is 1.20. The molecular weight excluding hydrogens is 466 g/mol. The van der Waals surface area contributed by atoms with Gasteiger partial charge in [-0.3, -0.25) is 4.72 Å². The molecule has 0 aliphatic heterocycles. The first kappa shape index (κ1) is 21.9. The molecule has 0 bridgehead atoms. The number of methoxy groups -OCH3 is 2. The van der Waals surface area contributed by atoms with E-state index < -0.39 is 10.0 Å². The molecule has 0 unspecified atom stereocenters. The molecule has 0 saturated heterocycles. The van der Waals surface area contributed by atoms with Crippen LogP contribution < -0.4 is 14.2 Å². The van der Waals surface area contributed by atoms with Gasteiger partial charge in [0, 0.05) is 27.9 Å². The lowest BCUT2D eigenvalue weighted by atomic mass is 9.98. The van der Waals surface area contributed by atoms with E-state index in [2.05, 4.69) is 20.7 Å². The highest BCUT2D eigenvalue weighted by Crippen LogP contribution is 2.36. The Kier molecular flexibility index (Phi) is 6.84. The Hall–Kier alpha value is -2.77. The van der Waals surface area contributed by atoms with Crippen LogP contribution in [0.1, 0.15) is 16.7 Å². The van der Waals surface area contributed by atoms with Crippen LogP contribution in [0.2, 0.25) is 0 Å². The van der Waals surface area contributed by atoms with Gasteiger partial charge in [-0.25, -0.2) is 8.42 Å². The van der Waals surface area contributed by atoms with E-state index in [4.69, 9.17) is 9.47 Å². The Morgan fingerprint density at radius 2 is 1.63 bits per heavy atom. The fraction of sp³-hybridized carbons (Fsp3) is 0.130. The van der Waals surface area contributed by atoms with Crippen LogP contribution in [0.4, 0.5) is 0 Å². The number of nitrogens with one attached hydrogen (secondary N) is 1. The van der Waals surface area contributed by atoms with Crippen molar-refractivity contribution in [1.82, 2.24) is 4.72 Å². The lowest BCUT2D eigenvalue weighted by molar-refractivity contribution is 0.393. The molecule has 0 saturated carbocycles. The van der Waals surface area contributed by atoms with Crippen molar-refractivity contribution < 1.29 is 17.9 Å². The van der Waals surface area contributed by atoms with Gasteiger partial charge in [0.2, 0.25) is 0 Å². The molecule has 7 heteroatoms. The number of hydrogen-bond acceptors (Lipinski definition) is 4. The molecule has 3 aromatic rings. The van der Waals surface area contributed by atoms with Gasteiger partial charge in [-0.15, -0.1) is 0 Å². The second-order valence-corrected chi connectivity index (χ2v) is 9.11. The van der Waals surface area contributed by atoms with E-state index in [1.807, 2.05) is 37.3 Å². The molecule has 0 fully saturated rings. The number of rotatable bonds is 7. The Morgan fingerprint density at radius 3 is 2.27 bits per heavy atom. The molecule has 0 aromatic heterocycles. The maximum absolute atomic E-state index is 12.8. The summed E-state index contributed by atoms with van der Waals surface area (Å²) in [6.07, 6.45) is 1.49. The van der Waals surface area contributed by atoms with Crippen LogP contribution in [0, 0.1) is 6.92 Å². The first-order valence-corrected chi connectivity index (χ1v) is 11.4. The van der Waals surface area contributed by atoms with Crippen LogP contribution in [0.15, 0.2) is 82.3 Å². The molecule has 3 rings (SSSR count). The molecule has 3 aromatic carbocycles. The minimum atomic E-state index is -3.74. The molecular formula is C23H22BrNO4S. The fourth-order valence-electron chi connectivity index (χ4n) is 2.92. The lowest BCUT2D eigenvalue weighted by Crippen LogP contribution is -2.18. The van der Waals surface area contributed by atoms with E-state index >= 15 is 0 Å². The number of halogens is 1. The largest absolute Gasteiger partial charge is 0.497 e. The highest BCUT2D eigenvalue weighted by molar-refractivity contribution is 9.10. The van der Waals surface area contributed by atoms with Crippen LogP contribution >= 0.6 is 15.9 Å². The van der Waals surface area contributed by atoms with Crippen molar-refractivity contribution in [3.63, 3.8) is 0 Å². The molecule has 0 aliphatic carbocycles. The zero-order valence-corrected chi connectivity index (χ0v) is 19.2. The summed E-state index contributed by atoms with van der Waals surface area (Å²) >= 11 is 3.56. The topological polar surface area (TPSA) is 64.6 Å². The van der Waals surface area contributed by atoms with Gasteiger partial charge in [-0.2, -0.15) is 0 Å². The number of benzene rings is 3. The molecule has 1 N–H and O–H groups in total. The number of ether oxygens (including phenoxy) is 2. The summed E-state index contributed by atoms with van der Waals surface area (Å²) in [5.41, 5.74) is 3.17. The van der Waals surface area contributed by atoms with E-state index in [0.29, 0.717) is 17.1 Å². The average molecular weight is 488 g/mol. The predicted molar refractivity (Wildman–Crippen MR) is 122 cm³/mol. The zero-order valence-electron chi connectivity index (χ0n) is 16.8. The van der Waals surface area contributed by atoms with Gasteiger partial charge in [0.05, 0.1) is 19.1 Å². The van der Waals surface area contributed by atoms with Crippen LogP contribution in [0.3, 0.4) is 0 Å². The van der Waals surface area contributed by atoms with Gasteiger partial charge in [-0.05, 0) is 42.8 Å². The second kappa shape index (κ2) is 9.36. The van der Waals surface area contributed by atoms with E-state index in [-0.39, 0.29) is 4.90 Å². The maximum atomic E-state index is 12.8. The Labute approximate surface area is 185 Å². The van der Waals surface area contributed by atoms with Gasteiger partial charge in [0.25, 0.3) is 10.0 Å². The third-order valence-corrected chi connectivity index (χ3v) is 6.57. The van der Waals surface area contributed by atoms with Crippen LogP contribution in [-0.2, 0) is 10.0 Å². The average Bonchev–Trinajstić information content (AvgIpc) is 2.75. The molecule has 5 nitrogen and oxygen atoms in total. The van der Waals surface area contributed by atoms with Crippen molar-refractivity contribution in [1.29, 1.82) is 0 Å². The minimum Gasteiger partial charge on any atom is -0.497 e. The highest BCUT2D eigenvalue weighted by Gasteiger charge is 2.17. The molecule has 0 amide bonds. The van der Waals surface area contributed by atoms with Crippen molar-refractivity contribution in [2.24, 2.45) is 0 Å². The van der Waals surface area contributed by atoms with Crippen molar-refractivity contribution in [2.45, 2.75) is 11.8 Å². The number of hydrogen-bond donors (Lipinski definition) is 1. The van der Waals surface area contributed by atoms with E-state index in [1.54, 1.807) is 50.6 Å². The van der Waals surface area contributed by atoms with Crippen molar-refractivity contribution >= 4 is 31.5 Å². The van der Waals surface area contributed by atoms with Crippen molar-refractivity contribution in [2.75, 3.05) is 14.2 Å². The lowest BCUT2D eigenvalue weighted by Gasteiger charge is -2.16. The smallest absolute Gasteiger partial charge is 0.261 e. The van der Waals surface area contributed by atoms with Crippen molar-refractivity contribution in [3.8, 4) is 11.5 Å². The van der Waals surface area contributed by atoms with Crippen LogP contribution in [0.25, 0.3) is 5.57 Å². The monoisotopic (exact) mass is 487 g/mol. The normalized spacial score (nSPS) is 11.8. The van der Waals surface area contributed by atoms with Gasteiger partial charge >= 0.3 is 0 Å². The molecule has 0 atom stereocenters. The quantitative estimate of drug-likeness (QED) is 0.500. The first-order valence-electron chi connectivity index (χ1n) is 9.12.